The van der Waals surface area contributed by atoms with E-state index in [4.69, 9.17) is 26.2 Å². The lowest BCUT2D eigenvalue weighted by Gasteiger charge is -2.10. The van der Waals surface area contributed by atoms with E-state index in [2.05, 4.69) is 10.6 Å². The lowest BCUT2D eigenvalue weighted by molar-refractivity contribution is -0.137. The third-order valence-electron chi connectivity index (χ3n) is 6.91. The highest BCUT2D eigenvalue weighted by Gasteiger charge is 2.22. The minimum absolute atomic E-state index is 0.111. The second-order valence-corrected chi connectivity index (χ2v) is 10.3. The zero-order valence-electron chi connectivity index (χ0n) is 23.8. The predicted molar refractivity (Wildman–Crippen MR) is 160 cm³/mol. The SMILES string of the molecule is C1COCCN1.COc1ccc2c(c1)c(CC(=O)NCCCCCCCC(=O)O)c(C)n2C(=O)c1ccc(Cl)cc1. The Morgan fingerprint density at radius 1 is 1.02 bits per heavy atom. The molecule has 1 fully saturated rings. The summed E-state index contributed by atoms with van der Waals surface area (Å²) in [5, 5.41) is 16.2. The Morgan fingerprint density at radius 2 is 1.71 bits per heavy atom. The van der Waals surface area contributed by atoms with Gasteiger partial charge < -0.3 is 25.2 Å². The standard InChI is InChI=1S/C27H31ClN2O5.C4H9NO/c1-18-22(17-25(31)29-15-7-5-3-4-6-8-26(32)33)23-16-21(35-2)13-14-24(23)30(18)27(34)19-9-11-20(28)12-10-19;1-3-6-4-2-5-1/h9-14,16H,3-8,15,17H2,1-2H3,(H,29,31)(H,32,33);5H,1-4H2. The van der Waals surface area contributed by atoms with Crippen molar-refractivity contribution in [2.45, 2.75) is 51.9 Å². The van der Waals surface area contributed by atoms with Crippen molar-refractivity contribution in [3.8, 4) is 5.75 Å². The number of nitrogens with one attached hydrogen (secondary N) is 2. The van der Waals surface area contributed by atoms with Crippen LogP contribution in [0.5, 0.6) is 5.75 Å². The number of benzene rings is 2. The van der Waals surface area contributed by atoms with Crippen LogP contribution in [0.25, 0.3) is 10.9 Å². The number of carboxylic acid groups (broad SMARTS) is 1. The van der Waals surface area contributed by atoms with Crippen molar-refractivity contribution < 1.29 is 29.0 Å². The Morgan fingerprint density at radius 3 is 2.32 bits per heavy atom. The fourth-order valence-electron chi connectivity index (χ4n) is 4.69. The molecule has 0 aliphatic carbocycles. The first kappa shape index (κ1) is 32.1. The fraction of sp³-hybridized carbons (Fsp3) is 0.452. The number of halogens is 1. The van der Waals surface area contributed by atoms with Crippen LogP contribution < -0.4 is 15.4 Å². The van der Waals surface area contributed by atoms with Crippen molar-refractivity contribution in [2.75, 3.05) is 40.0 Å². The van der Waals surface area contributed by atoms with E-state index in [0.717, 1.165) is 62.9 Å². The zero-order valence-corrected chi connectivity index (χ0v) is 24.6. The lowest BCUT2D eigenvalue weighted by atomic mass is 10.1. The van der Waals surface area contributed by atoms with Crippen molar-refractivity contribution in [2.24, 2.45) is 0 Å². The molecule has 0 radical (unpaired) electrons. The largest absolute Gasteiger partial charge is 0.497 e. The van der Waals surface area contributed by atoms with Crippen LogP contribution in [0.2, 0.25) is 5.02 Å². The van der Waals surface area contributed by atoms with Crippen LogP contribution in [0.3, 0.4) is 0 Å². The normalized spacial score (nSPS) is 12.9. The number of unbranched alkanes of at least 4 members (excludes halogenated alkanes) is 4. The van der Waals surface area contributed by atoms with Gasteiger partial charge in [-0.05, 0) is 67.8 Å². The summed E-state index contributed by atoms with van der Waals surface area (Å²) >= 11 is 5.98. The maximum absolute atomic E-state index is 13.4. The Hall–Kier alpha value is -3.40. The Labute approximate surface area is 246 Å². The quantitative estimate of drug-likeness (QED) is 0.256. The molecule has 0 atom stereocenters. The molecule has 0 bridgehead atoms. The summed E-state index contributed by atoms with van der Waals surface area (Å²) in [4.78, 5) is 36.6. The molecule has 10 heteroatoms. The van der Waals surface area contributed by atoms with Gasteiger partial charge in [0.15, 0.2) is 0 Å². The van der Waals surface area contributed by atoms with Gasteiger partial charge >= 0.3 is 5.97 Å². The van der Waals surface area contributed by atoms with Gasteiger partial charge in [-0.3, -0.25) is 19.0 Å². The Bertz CT molecular complexity index is 1290. The molecular weight excluding hydrogens is 546 g/mol. The maximum atomic E-state index is 13.4. The number of rotatable bonds is 12. The molecule has 0 spiro atoms. The van der Waals surface area contributed by atoms with Gasteiger partial charge in [0.05, 0.1) is 32.3 Å². The topological polar surface area (TPSA) is 119 Å². The molecule has 41 heavy (non-hydrogen) atoms. The number of carboxylic acids is 1. The van der Waals surface area contributed by atoms with Gasteiger partial charge in [-0.1, -0.05) is 30.9 Å². The van der Waals surface area contributed by atoms with E-state index in [-0.39, 0.29) is 24.7 Å². The average molecular weight is 586 g/mol. The molecule has 1 saturated heterocycles. The highest BCUT2D eigenvalue weighted by molar-refractivity contribution is 6.30. The van der Waals surface area contributed by atoms with E-state index in [1.165, 1.54) is 0 Å². The van der Waals surface area contributed by atoms with E-state index in [0.29, 0.717) is 40.5 Å². The highest BCUT2D eigenvalue weighted by Crippen LogP contribution is 2.31. The van der Waals surface area contributed by atoms with Gasteiger partial charge in [-0.25, -0.2) is 0 Å². The van der Waals surface area contributed by atoms with Crippen LogP contribution in [0, 0.1) is 6.92 Å². The van der Waals surface area contributed by atoms with Crippen molar-refractivity contribution in [1.29, 1.82) is 0 Å². The van der Waals surface area contributed by atoms with E-state index in [1.807, 2.05) is 19.1 Å². The minimum Gasteiger partial charge on any atom is -0.497 e. The number of aliphatic carboxylic acids is 1. The highest BCUT2D eigenvalue weighted by atomic mass is 35.5. The van der Waals surface area contributed by atoms with Crippen molar-refractivity contribution >= 4 is 40.3 Å². The molecule has 4 rings (SSSR count). The van der Waals surface area contributed by atoms with Gasteiger partial charge in [0.1, 0.15) is 5.75 Å². The number of nitrogens with zero attached hydrogens (tertiary/aromatic N) is 1. The third kappa shape index (κ3) is 9.88. The molecule has 9 nitrogen and oxygen atoms in total. The van der Waals surface area contributed by atoms with Crippen LogP contribution in [-0.4, -0.2) is 67.4 Å². The van der Waals surface area contributed by atoms with E-state index in [9.17, 15) is 14.4 Å². The van der Waals surface area contributed by atoms with Crippen molar-refractivity contribution in [1.82, 2.24) is 15.2 Å². The number of hydrogen-bond donors (Lipinski definition) is 3. The number of ether oxygens (including phenoxy) is 2. The number of methoxy groups -OCH3 is 1. The Kier molecular flexibility index (Phi) is 13.1. The van der Waals surface area contributed by atoms with Gasteiger partial charge in [-0.2, -0.15) is 0 Å². The van der Waals surface area contributed by atoms with E-state index >= 15 is 0 Å². The summed E-state index contributed by atoms with van der Waals surface area (Å²) in [6.07, 6.45) is 4.63. The van der Waals surface area contributed by atoms with Crippen LogP contribution in [0.4, 0.5) is 0 Å². The van der Waals surface area contributed by atoms with Crippen LogP contribution in [0.1, 0.15) is 60.1 Å². The second-order valence-electron chi connectivity index (χ2n) is 9.90. The third-order valence-corrected chi connectivity index (χ3v) is 7.16. The zero-order chi connectivity index (χ0) is 29.6. The summed E-state index contributed by atoms with van der Waals surface area (Å²) in [5.41, 5.74) is 2.71. The van der Waals surface area contributed by atoms with Gasteiger partial charge in [0, 0.05) is 47.7 Å². The summed E-state index contributed by atoms with van der Waals surface area (Å²) < 4.78 is 12.0. The van der Waals surface area contributed by atoms with Crippen molar-refractivity contribution in [3.05, 3.63) is 64.3 Å². The summed E-state index contributed by atoms with van der Waals surface area (Å²) in [6, 6.07) is 12.2. The number of carbonyl (C=O) groups is 3. The lowest BCUT2D eigenvalue weighted by Crippen LogP contribution is -2.30. The Balaban J connectivity index is 0.000000681. The number of morpholine rings is 1. The first-order chi connectivity index (χ1) is 19.8. The molecule has 1 aromatic heterocycles. The van der Waals surface area contributed by atoms with E-state index in [1.54, 1.807) is 42.0 Å². The second kappa shape index (κ2) is 16.8. The first-order valence-corrected chi connectivity index (χ1v) is 14.4. The minimum atomic E-state index is -0.763. The summed E-state index contributed by atoms with van der Waals surface area (Å²) in [5.74, 6) is -0.414. The first-order valence-electron chi connectivity index (χ1n) is 14.1. The molecule has 2 heterocycles. The molecule has 3 N–H and O–H groups in total. The predicted octanol–water partition coefficient (Wildman–Crippen LogP) is 4.99. The van der Waals surface area contributed by atoms with Crippen molar-refractivity contribution in [3.63, 3.8) is 0 Å². The maximum Gasteiger partial charge on any atom is 0.303 e. The molecule has 1 amide bonds. The molecular formula is C31H40ClN3O6. The van der Waals surface area contributed by atoms with Gasteiger partial charge in [-0.15, -0.1) is 0 Å². The van der Waals surface area contributed by atoms with Gasteiger partial charge in [0.25, 0.3) is 5.91 Å². The number of carbonyl (C=O) groups excluding carboxylic acids is 2. The summed E-state index contributed by atoms with van der Waals surface area (Å²) in [6.45, 7) is 6.24. The van der Waals surface area contributed by atoms with Crippen LogP contribution in [0.15, 0.2) is 42.5 Å². The average Bonchev–Trinajstić information content (AvgIpc) is 3.25. The van der Waals surface area contributed by atoms with E-state index < -0.39 is 5.97 Å². The molecule has 3 aromatic rings. The molecule has 1 aliphatic heterocycles. The smallest absolute Gasteiger partial charge is 0.303 e. The number of hydrogen-bond acceptors (Lipinski definition) is 6. The van der Waals surface area contributed by atoms with Crippen LogP contribution in [-0.2, 0) is 20.7 Å². The van der Waals surface area contributed by atoms with Gasteiger partial charge in [0.2, 0.25) is 5.91 Å². The van der Waals surface area contributed by atoms with Crippen LogP contribution >= 0.6 is 11.6 Å². The molecule has 2 aromatic carbocycles. The number of aromatic nitrogens is 1. The fourth-order valence-corrected chi connectivity index (χ4v) is 4.82. The molecule has 1 aliphatic rings. The molecule has 0 unspecified atom stereocenters. The number of amides is 1. The monoisotopic (exact) mass is 585 g/mol. The molecule has 222 valence electrons. The molecule has 0 saturated carbocycles. The summed E-state index contributed by atoms with van der Waals surface area (Å²) in [7, 11) is 1.58. The number of fused-ring (bicyclic) bond motifs is 1.